The van der Waals surface area contributed by atoms with Crippen LogP contribution >= 0.6 is 11.8 Å². The van der Waals surface area contributed by atoms with Crippen molar-refractivity contribution in [1.82, 2.24) is 0 Å². The SMILES string of the molecule is Cc1ccc(S[C@@H]2O[C@@H]3CO[C@@H](c4ccccc4)O[C@H]3[C@H](O)[C@H]2N=[N+]=[N-])cc1. The lowest BCUT2D eigenvalue weighted by atomic mass is 9.97. The Morgan fingerprint density at radius 3 is 2.57 bits per heavy atom. The van der Waals surface area contributed by atoms with Gasteiger partial charge in [-0.05, 0) is 24.6 Å². The van der Waals surface area contributed by atoms with E-state index in [0.717, 1.165) is 16.0 Å². The summed E-state index contributed by atoms with van der Waals surface area (Å²) in [5, 5.41) is 14.7. The predicted molar refractivity (Wildman–Crippen MR) is 105 cm³/mol. The first kappa shape index (κ1) is 19.3. The van der Waals surface area contributed by atoms with Gasteiger partial charge in [0.1, 0.15) is 23.7 Å². The number of nitrogens with zero attached hydrogens (tertiary/aromatic N) is 3. The maximum atomic E-state index is 10.9. The minimum atomic E-state index is -0.993. The van der Waals surface area contributed by atoms with Gasteiger partial charge in [-0.3, -0.25) is 0 Å². The molecular weight excluding hydrogens is 378 g/mol. The Hall–Kier alpha value is -2.06. The third-order valence-electron chi connectivity index (χ3n) is 4.86. The van der Waals surface area contributed by atoms with Crippen LogP contribution in [0, 0.1) is 6.92 Å². The van der Waals surface area contributed by atoms with E-state index in [1.165, 1.54) is 11.8 Å². The summed E-state index contributed by atoms with van der Waals surface area (Å²) in [6, 6.07) is 16.7. The number of aryl methyl sites for hydroxylation is 1. The Kier molecular flexibility index (Phi) is 5.87. The first-order valence-corrected chi connectivity index (χ1v) is 9.97. The normalized spacial score (nSPS) is 32.2. The van der Waals surface area contributed by atoms with Gasteiger partial charge < -0.3 is 19.3 Å². The second-order valence-corrected chi connectivity index (χ2v) is 8.01. The molecule has 2 fully saturated rings. The molecule has 146 valence electrons. The van der Waals surface area contributed by atoms with Gasteiger partial charge in [0.05, 0.1) is 12.7 Å². The van der Waals surface area contributed by atoms with E-state index in [1.54, 1.807) is 0 Å². The van der Waals surface area contributed by atoms with Crippen molar-refractivity contribution in [2.75, 3.05) is 6.61 Å². The molecule has 0 saturated carbocycles. The second kappa shape index (κ2) is 8.53. The van der Waals surface area contributed by atoms with Crippen molar-refractivity contribution in [3.8, 4) is 0 Å². The van der Waals surface area contributed by atoms with Crippen LogP contribution in [0.15, 0.2) is 64.6 Å². The molecule has 4 rings (SSSR count). The molecule has 2 aliphatic heterocycles. The Balaban J connectivity index is 1.52. The zero-order valence-corrected chi connectivity index (χ0v) is 16.1. The van der Waals surface area contributed by atoms with E-state index in [2.05, 4.69) is 10.0 Å². The van der Waals surface area contributed by atoms with Crippen molar-refractivity contribution in [1.29, 1.82) is 0 Å². The fourth-order valence-corrected chi connectivity index (χ4v) is 4.50. The molecule has 2 aromatic carbocycles. The lowest BCUT2D eigenvalue weighted by Crippen LogP contribution is -2.60. The highest BCUT2D eigenvalue weighted by molar-refractivity contribution is 7.99. The predicted octanol–water partition coefficient (Wildman–Crippen LogP) is 3.97. The molecule has 0 unspecified atom stereocenters. The molecular formula is C20H21N3O4S. The fraction of sp³-hybridized carbons (Fsp3) is 0.400. The highest BCUT2D eigenvalue weighted by atomic mass is 32.2. The molecule has 0 radical (unpaired) electrons. The largest absolute Gasteiger partial charge is 0.390 e. The Morgan fingerprint density at radius 1 is 1.11 bits per heavy atom. The number of hydrogen-bond acceptors (Lipinski definition) is 6. The number of hydrogen-bond donors (Lipinski definition) is 1. The standard InChI is InChI=1S/C20H21N3O4S/c1-12-7-9-14(10-8-12)28-20-16(22-23-21)17(24)18-15(26-20)11-25-19(27-18)13-5-3-2-4-6-13/h2-10,15-20,24H,11H2,1H3/t15-,16-,17-,18-,19-,20+/m1/s1. The maximum absolute atomic E-state index is 10.9. The van der Waals surface area contributed by atoms with Gasteiger partial charge in [0, 0.05) is 15.4 Å². The van der Waals surface area contributed by atoms with Gasteiger partial charge in [0.25, 0.3) is 0 Å². The van der Waals surface area contributed by atoms with Gasteiger partial charge in [-0.1, -0.05) is 64.9 Å². The first-order chi connectivity index (χ1) is 13.7. The third-order valence-corrected chi connectivity index (χ3v) is 6.03. The van der Waals surface area contributed by atoms with E-state index in [9.17, 15) is 5.11 Å². The minimum Gasteiger partial charge on any atom is -0.390 e. The zero-order valence-electron chi connectivity index (χ0n) is 15.3. The van der Waals surface area contributed by atoms with E-state index in [4.69, 9.17) is 19.7 Å². The summed E-state index contributed by atoms with van der Waals surface area (Å²) in [5.74, 6) is 0. The third kappa shape index (κ3) is 4.03. The molecule has 28 heavy (non-hydrogen) atoms. The minimum absolute atomic E-state index is 0.287. The van der Waals surface area contributed by atoms with Gasteiger partial charge in [0.15, 0.2) is 6.29 Å². The molecule has 0 aliphatic carbocycles. The quantitative estimate of drug-likeness (QED) is 0.477. The van der Waals surface area contributed by atoms with Crippen LogP contribution < -0.4 is 0 Å². The summed E-state index contributed by atoms with van der Waals surface area (Å²) < 4.78 is 17.9. The molecule has 2 saturated heterocycles. The Labute approximate surface area is 167 Å². The molecule has 0 bridgehead atoms. The topological polar surface area (TPSA) is 96.7 Å². The number of aliphatic hydroxyl groups excluding tert-OH is 1. The van der Waals surface area contributed by atoms with Crippen molar-refractivity contribution in [3.63, 3.8) is 0 Å². The van der Waals surface area contributed by atoms with Crippen LogP contribution in [0.1, 0.15) is 17.4 Å². The first-order valence-electron chi connectivity index (χ1n) is 9.09. The number of rotatable bonds is 4. The van der Waals surface area contributed by atoms with Crippen molar-refractivity contribution >= 4 is 11.8 Å². The van der Waals surface area contributed by atoms with Gasteiger partial charge >= 0.3 is 0 Å². The van der Waals surface area contributed by atoms with E-state index < -0.39 is 36.1 Å². The molecule has 2 heterocycles. The average Bonchev–Trinajstić information content (AvgIpc) is 2.73. The number of aliphatic hydroxyl groups is 1. The lowest BCUT2D eigenvalue weighted by molar-refractivity contribution is -0.305. The summed E-state index contributed by atoms with van der Waals surface area (Å²) in [6.07, 6.45) is -2.66. The Morgan fingerprint density at radius 2 is 1.86 bits per heavy atom. The van der Waals surface area contributed by atoms with Crippen molar-refractivity contribution in [3.05, 3.63) is 76.2 Å². The van der Waals surface area contributed by atoms with Crippen LogP contribution in [0.5, 0.6) is 0 Å². The van der Waals surface area contributed by atoms with Gasteiger partial charge in [-0.15, -0.1) is 0 Å². The lowest BCUT2D eigenvalue weighted by Gasteiger charge is -2.46. The molecule has 6 atom stereocenters. The number of azide groups is 1. The molecule has 8 heteroatoms. The molecule has 0 aromatic heterocycles. The van der Waals surface area contributed by atoms with E-state index in [-0.39, 0.29) is 6.61 Å². The molecule has 1 N–H and O–H groups in total. The van der Waals surface area contributed by atoms with Gasteiger partial charge in [0.2, 0.25) is 0 Å². The highest BCUT2D eigenvalue weighted by Gasteiger charge is 2.49. The summed E-state index contributed by atoms with van der Waals surface area (Å²) in [7, 11) is 0. The van der Waals surface area contributed by atoms with Crippen LogP contribution in [0.2, 0.25) is 0 Å². The van der Waals surface area contributed by atoms with Crippen LogP contribution in [-0.2, 0) is 14.2 Å². The molecule has 0 amide bonds. The van der Waals surface area contributed by atoms with Crippen LogP contribution in [0.3, 0.4) is 0 Å². The van der Waals surface area contributed by atoms with E-state index in [1.807, 2.05) is 61.5 Å². The number of ether oxygens (including phenoxy) is 3. The summed E-state index contributed by atoms with van der Waals surface area (Å²) >= 11 is 1.42. The smallest absolute Gasteiger partial charge is 0.184 e. The summed E-state index contributed by atoms with van der Waals surface area (Å²) in [4.78, 5) is 3.89. The van der Waals surface area contributed by atoms with Crippen molar-refractivity contribution < 1.29 is 19.3 Å². The van der Waals surface area contributed by atoms with Crippen molar-refractivity contribution in [2.24, 2.45) is 5.11 Å². The van der Waals surface area contributed by atoms with Gasteiger partial charge in [-0.25, -0.2) is 0 Å². The van der Waals surface area contributed by atoms with Crippen LogP contribution in [0.25, 0.3) is 10.4 Å². The fourth-order valence-electron chi connectivity index (χ4n) is 3.39. The van der Waals surface area contributed by atoms with Gasteiger partial charge in [-0.2, -0.15) is 0 Å². The monoisotopic (exact) mass is 399 g/mol. The van der Waals surface area contributed by atoms with Crippen LogP contribution in [-0.4, -0.2) is 41.5 Å². The number of benzene rings is 2. The summed E-state index contributed by atoms with van der Waals surface area (Å²) in [5.41, 5.74) is 10.5. The average molecular weight is 399 g/mol. The number of fused-ring (bicyclic) bond motifs is 1. The van der Waals surface area contributed by atoms with Crippen LogP contribution in [0.4, 0.5) is 0 Å². The Bertz CT molecular complexity index is 844. The summed E-state index contributed by atoms with van der Waals surface area (Å²) in [6.45, 7) is 2.30. The second-order valence-electron chi connectivity index (χ2n) is 6.84. The van der Waals surface area contributed by atoms with E-state index >= 15 is 0 Å². The molecule has 2 aliphatic rings. The van der Waals surface area contributed by atoms with Crippen molar-refractivity contribution in [2.45, 2.75) is 47.9 Å². The zero-order chi connectivity index (χ0) is 19.5. The molecule has 0 spiro atoms. The number of thioether (sulfide) groups is 1. The van der Waals surface area contributed by atoms with E-state index in [0.29, 0.717) is 0 Å². The molecule has 2 aromatic rings. The molecule has 7 nitrogen and oxygen atoms in total. The highest BCUT2D eigenvalue weighted by Crippen LogP contribution is 2.40. The maximum Gasteiger partial charge on any atom is 0.184 e.